The molecule has 98 valence electrons. The van der Waals surface area contributed by atoms with Gasteiger partial charge >= 0.3 is 0 Å². The predicted molar refractivity (Wildman–Crippen MR) is 75.6 cm³/mol. The van der Waals surface area contributed by atoms with E-state index in [1.165, 1.54) is 50.8 Å². The van der Waals surface area contributed by atoms with Gasteiger partial charge in [-0.1, -0.05) is 49.6 Å². The number of hydrogen-bond donors (Lipinski definition) is 1. The Morgan fingerprint density at radius 3 is 2.44 bits per heavy atom. The van der Waals surface area contributed by atoms with E-state index in [1.807, 2.05) is 0 Å². The molecule has 3 rings (SSSR count). The van der Waals surface area contributed by atoms with Crippen LogP contribution in [0.1, 0.15) is 43.6 Å². The molecule has 1 saturated carbocycles. The van der Waals surface area contributed by atoms with Crippen LogP contribution < -0.4 is 5.73 Å². The van der Waals surface area contributed by atoms with Gasteiger partial charge in [-0.3, -0.25) is 4.90 Å². The SMILES string of the molecule is NC1CCCCCC1N1CC(c2ccccc2)C1. The van der Waals surface area contributed by atoms with Gasteiger partial charge in [0.05, 0.1) is 0 Å². The molecule has 2 unspecified atom stereocenters. The minimum atomic E-state index is 0.407. The van der Waals surface area contributed by atoms with Crippen molar-refractivity contribution in [1.82, 2.24) is 4.90 Å². The Balaban J connectivity index is 1.58. The zero-order valence-corrected chi connectivity index (χ0v) is 11.1. The lowest BCUT2D eigenvalue weighted by Gasteiger charge is -2.46. The van der Waals surface area contributed by atoms with Crippen LogP contribution in [-0.2, 0) is 0 Å². The first-order chi connectivity index (χ1) is 8.84. The van der Waals surface area contributed by atoms with E-state index in [0.717, 1.165) is 5.92 Å². The van der Waals surface area contributed by atoms with E-state index >= 15 is 0 Å². The van der Waals surface area contributed by atoms with Crippen molar-refractivity contribution in [3.05, 3.63) is 35.9 Å². The Labute approximate surface area is 110 Å². The molecular weight excluding hydrogens is 220 g/mol. The molecule has 2 fully saturated rings. The molecule has 2 atom stereocenters. The van der Waals surface area contributed by atoms with Crippen molar-refractivity contribution >= 4 is 0 Å². The van der Waals surface area contributed by atoms with Crippen LogP contribution in [0.3, 0.4) is 0 Å². The fourth-order valence-electron chi connectivity index (χ4n) is 3.49. The van der Waals surface area contributed by atoms with Gasteiger partial charge in [-0.25, -0.2) is 0 Å². The van der Waals surface area contributed by atoms with Crippen LogP contribution in [-0.4, -0.2) is 30.1 Å². The van der Waals surface area contributed by atoms with Gasteiger partial charge in [-0.2, -0.15) is 0 Å². The Hall–Kier alpha value is -0.860. The maximum absolute atomic E-state index is 6.33. The van der Waals surface area contributed by atoms with Crippen molar-refractivity contribution in [2.45, 2.75) is 50.1 Å². The van der Waals surface area contributed by atoms with Crippen molar-refractivity contribution < 1.29 is 0 Å². The average molecular weight is 244 g/mol. The van der Waals surface area contributed by atoms with Gasteiger partial charge in [0.2, 0.25) is 0 Å². The topological polar surface area (TPSA) is 29.3 Å². The summed E-state index contributed by atoms with van der Waals surface area (Å²) in [6, 6.07) is 12.0. The van der Waals surface area contributed by atoms with Gasteiger partial charge < -0.3 is 5.73 Å². The van der Waals surface area contributed by atoms with Crippen LogP contribution in [0.4, 0.5) is 0 Å². The molecule has 2 nitrogen and oxygen atoms in total. The fraction of sp³-hybridized carbons (Fsp3) is 0.625. The third-order valence-electron chi connectivity index (χ3n) is 4.68. The van der Waals surface area contributed by atoms with Gasteiger partial charge in [-0.15, -0.1) is 0 Å². The van der Waals surface area contributed by atoms with Gasteiger partial charge in [0.25, 0.3) is 0 Å². The summed E-state index contributed by atoms with van der Waals surface area (Å²) in [6.45, 7) is 2.42. The monoisotopic (exact) mass is 244 g/mol. The molecule has 1 heterocycles. The van der Waals surface area contributed by atoms with Crippen LogP contribution in [0.15, 0.2) is 30.3 Å². The summed E-state index contributed by atoms with van der Waals surface area (Å²) in [4.78, 5) is 2.62. The van der Waals surface area contributed by atoms with Crippen LogP contribution in [0.25, 0.3) is 0 Å². The summed E-state index contributed by atoms with van der Waals surface area (Å²) < 4.78 is 0. The number of nitrogens with zero attached hydrogens (tertiary/aromatic N) is 1. The molecule has 0 spiro atoms. The van der Waals surface area contributed by atoms with Crippen LogP contribution in [0, 0.1) is 0 Å². The van der Waals surface area contributed by atoms with E-state index in [1.54, 1.807) is 0 Å². The van der Waals surface area contributed by atoms with Crippen LogP contribution in [0.5, 0.6) is 0 Å². The van der Waals surface area contributed by atoms with Crippen LogP contribution >= 0.6 is 0 Å². The number of benzene rings is 1. The highest BCUT2D eigenvalue weighted by Crippen LogP contribution is 2.32. The molecule has 1 saturated heterocycles. The third-order valence-corrected chi connectivity index (χ3v) is 4.68. The van der Waals surface area contributed by atoms with E-state index in [9.17, 15) is 0 Å². The van der Waals surface area contributed by atoms with Crippen molar-refractivity contribution in [3.8, 4) is 0 Å². The summed E-state index contributed by atoms with van der Waals surface area (Å²) in [5.74, 6) is 0.738. The molecule has 1 aromatic rings. The highest BCUT2D eigenvalue weighted by molar-refractivity contribution is 5.23. The third kappa shape index (κ3) is 2.45. The van der Waals surface area contributed by atoms with E-state index in [0.29, 0.717) is 12.1 Å². The summed E-state index contributed by atoms with van der Waals surface area (Å²) >= 11 is 0. The average Bonchev–Trinajstić information content (AvgIpc) is 2.55. The first kappa shape index (κ1) is 12.2. The van der Waals surface area contributed by atoms with Gasteiger partial charge in [0.15, 0.2) is 0 Å². The normalized spacial score (nSPS) is 30.7. The summed E-state index contributed by atoms with van der Waals surface area (Å²) in [5, 5.41) is 0. The van der Waals surface area contributed by atoms with E-state index < -0.39 is 0 Å². The zero-order chi connectivity index (χ0) is 12.4. The lowest BCUT2D eigenvalue weighted by atomic mass is 9.87. The van der Waals surface area contributed by atoms with Crippen LogP contribution in [0.2, 0.25) is 0 Å². The molecule has 18 heavy (non-hydrogen) atoms. The van der Waals surface area contributed by atoms with E-state index in [4.69, 9.17) is 5.73 Å². The minimum absolute atomic E-state index is 0.407. The lowest BCUT2D eigenvalue weighted by Crippen LogP contribution is -2.56. The summed E-state index contributed by atoms with van der Waals surface area (Å²) in [6.07, 6.45) is 6.60. The Morgan fingerprint density at radius 1 is 0.944 bits per heavy atom. The van der Waals surface area contributed by atoms with E-state index in [-0.39, 0.29) is 0 Å². The second kappa shape index (κ2) is 5.41. The Morgan fingerprint density at radius 2 is 1.67 bits per heavy atom. The van der Waals surface area contributed by atoms with Gasteiger partial charge in [-0.05, 0) is 18.4 Å². The van der Waals surface area contributed by atoms with Crippen molar-refractivity contribution in [3.63, 3.8) is 0 Å². The first-order valence-corrected chi connectivity index (χ1v) is 7.39. The Bertz CT molecular complexity index is 370. The second-order valence-corrected chi connectivity index (χ2v) is 5.93. The molecule has 2 aliphatic rings. The minimum Gasteiger partial charge on any atom is -0.326 e. The predicted octanol–water partition coefficient (Wildman–Crippen LogP) is 2.75. The van der Waals surface area contributed by atoms with Gasteiger partial charge in [0.1, 0.15) is 0 Å². The smallest absolute Gasteiger partial charge is 0.0247 e. The highest BCUT2D eigenvalue weighted by atomic mass is 15.2. The molecule has 0 bridgehead atoms. The molecule has 2 heteroatoms. The quantitative estimate of drug-likeness (QED) is 0.811. The van der Waals surface area contributed by atoms with Crippen molar-refractivity contribution in [2.24, 2.45) is 5.73 Å². The largest absolute Gasteiger partial charge is 0.326 e. The lowest BCUT2D eigenvalue weighted by molar-refractivity contribution is 0.0719. The number of nitrogens with two attached hydrogens (primary N) is 1. The maximum atomic E-state index is 6.33. The molecule has 2 N–H and O–H groups in total. The van der Waals surface area contributed by atoms with Gasteiger partial charge in [0, 0.05) is 31.1 Å². The van der Waals surface area contributed by atoms with E-state index in [2.05, 4.69) is 35.2 Å². The molecule has 1 aromatic carbocycles. The molecule has 0 radical (unpaired) electrons. The Kier molecular flexibility index (Phi) is 3.67. The molecule has 1 aliphatic heterocycles. The first-order valence-electron chi connectivity index (χ1n) is 7.39. The standard InChI is InChI=1S/C16H24N2/c17-15-9-5-2-6-10-16(15)18-11-14(12-18)13-7-3-1-4-8-13/h1,3-4,7-8,14-16H,2,5-6,9-12,17H2. The zero-order valence-electron chi connectivity index (χ0n) is 11.1. The second-order valence-electron chi connectivity index (χ2n) is 5.93. The summed E-state index contributed by atoms with van der Waals surface area (Å²) in [7, 11) is 0. The molecule has 0 amide bonds. The fourth-order valence-corrected chi connectivity index (χ4v) is 3.49. The van der Waals surface area contributed by atoms with Crippen molar-refractivity contribution in [1.29, 1.82) is 0 Å². The number of rotatable bonds is 2. The highest BCUT2D eigenvalue weighted by Gasteiger charge is 2.35. The molecule has 1 aliphatic carbocycles. The number of likely N-dealkylation sites (tertiary alicyclic amines) is 1. The molecular formula is C16H24N2. The van der Waals surface area contributed by atoms with Crippen molar-refractivity contribution in [2.75, 3.05) is 13.1 Å². The molecule has 0 aromatic heterocycles. The summed E-state index contributed by atoms with van der Waals surface area (Å²) in [5.41, 5.74) is 7.83. The number of hydrogen-bond acceptors (Lipinski definition) is 2. The maximum Gasteiger partial charge on any atom is 0.0247 e.